The predicted molar refractivity (Wildman–Crippen MR) is 91.4 cm³/mol. The second-order valence-electron chi connectivity index (χ2n) is 6.29. The molecule has 1 N–H and O–H groups in total. The van der Waals surface area contributed by atoms with Crippen molar-refractivity contribution >= 4 is 23.3 Å². The molecule has 2 aliphatic rings. The zero-order valence-corrected chi connectivity index (χ0v) is 14.0. The van der Waals surface area contributed by atoms with Gasteiger partial charge in [-0.15, -0.1) is 0 Å². The fourth-order valence-electron chi connectivity index (χ4n) is 3.36. The van der Waals surface area contributed by atoms with Gasteiger partial charge in [0, 0.05) is 24.7 Å². The van der Waals surface area contributed by atoms with Crippen LogP contribution in [0.25, 0.3) is 0 Å². The monoisotopic (exact) mass is 332 g/mol. The molecule has 0 radical (unpaired) electrons. The Morgan fingerprint density at radius 2 is 1.92 bits per heavy atom. The van der Waals surface area contributed by atoms with E-state index in [0.29, 0.717) is 24.5 Å². The third-order valence-corrected chi connectivity index (χ3v) is 4.77. The smallest absolute Gasteiger partial charge is 0.340 e. The Morgan fingerprint density at radius 1 is 1.21 bits per heavy atom. The van der Waals surface area contributed by atoms with Crippen LogP contribution in [0.5, 0.6) is 0 Å². The van der Waals surface area contributed by atoms with E-state index >= 15 is 0 Å². The normalized spacial score (nSPS) is 18.5. The first-order valence-electron chi connectivity index (χ1n) is 8.55. The molecule has 1 aromatic carbocycles. The van der Waals surface area contributed by atoms with E-state index in [1.54, 1.807) is 12.1 Å². The number of ether oxygens (including phenoxy) is 2. The Morgan fingerprint density at radius 3 is 2.58 bits per heavy atom. The molecule has 0 unspecified atom stereocenters. The van der Waals surface area contributed by atoms with Crippen LogP contribution in [-0.2, 0) is 14.3 Å². The SMILES string of the molecule is COC(=O)c1cc(N2CCOCC2)ccc1NC(=O)C1CCCC1. The van der Waals surface area contributed by atoms with Crippen molar-refractivity contribution in [1.82, 2.24) is 0 Å². The van der Waals surface area contributed by atoms with E-state index in [4.69, 9.17) is 9.47 Å². The highest BCUT2D eigenvalue weighted by Crippen LogP contribution is 2.29. The van der Waals surface area contributed by atoms with Gasteiger partial charge in [0.05, 0.1) is 31.6 Å². The highest BCUT2D eigenvalue weighted by molar-refractivity contribution is 6.02. The van der Waals surface area contributed by atoms with Crippen LogP contribution in [0, 0.1) is 5.92 Å². The van der Waals surface area contributed by atoms with Crippen LogP contribution >= 0.6 is 0 Å². The molecular formula is C18H24N2O4. The number of carbonyl (C=O) groups excluding carboxylic acids is 2. The summed E-state index contributed by atoms with van der Waals surface area (Å²) < 4.78 is 10.3. The number of nitrogens with zero attached hydrogens (tertiary/aromatic N) is 1. The van der Waals surface area contributed by atoms with Crippen molar-refractivity contribution in [1.29, 1.82) is 0 Å². The molecule has 24 heavy (non-hydrogen) atoms. The number of morpholine rings is 1. The van der Waals surface area contributed by atoms with E-state index in [2.05, 4.69) is 10.2 Å². The molecule has 0 spiro atoms. The number of esters is 1. The molecular weight excluding hydrogens is 308 g/mol. The van der Waals surface area contributed by atoms with Crippen LogP contribution in [0.1, 0.15) is 36.0 Å². The van der Waals surface area contributed by atoms with Gasteiger partial charge in [0.1, 0.15) is 0 Å². The second kappa shape index (κ2) is 7.66. The molecule has 1 amide bonds. The average molecular weight is 332 g/mol. The zero-order chi connectivity index (χ0) is 16.9. The molecule has 1 aliphatic carbocycles. The number of carbonyl (C=O) groups is 2. The van der Waals surface area contributed by atoms with Gasteiger partial charge in [-0.25, -0.2) is 4.79 Å². The van der Waals surface area contributed by atoms with E-state index in [0.717, 1.165) is 44.5 Å². The second-order valence-corrected chi connectivity index (χ2v) is 6.29. The van der Waals surface area contributed by atoms with Gasteiger partial charge >= 0.3 is 5.97 Å². The minimum atomic E-state index is -0.438. The number of methoxy groups -OCH3 is 1. The Labute approximate surface area is 142 Å². The summed E-state index contributed by atoms with van der Waals surface area (Å²) in [5, 5.41) is 2.91. The third kappa shape index (κ3) is 3.70. The number of benzene rings is 1. The Kier molecular flexibility index (Phi) is 5.35. The van der Waals surface area contributed by atoms with E-state index in [9.17, 15) is 9.59 Å². The molecule has 0 aromatic heterocycles. The van der Waals surface area contributed by atoms with Gasteiger partial charge in [-0.3, -0.25) is 4.79 Å². The molecule has 0 bridgehead atoms. The molecule has 1 aliphatic heterocycles. The minimum Gasteiger partial charge on any atom is -0.465 e. The molecule has 0 atom stereocenters. The van der Waals surface area contributed by atoms with Gasteiger partial charge in [-0.05, 0) is 31.0 Å². The maximum atomic E-state index is 12.4. The fourth-order valence-corrected chi connectivity index (χ4v) is 3.36. The number of hydrogen-bond donors (Lipinski definition) is 1. The molecule has 6 heteroatoms. The van der Waals surface area contributed by atoms with Crippen molar-refractivity contribution in [2.75, 3.05) is 43.6 Å². The lowest BCUT2D eigenvalue weighted by Crippen LogP contribution is -2.36. The van der Waals surface area contributed by atoms with Crippen LogP contribution < -0.4 is 10.2 Å². The first-order chi connectivity index (χ1) is 11.7. The van der Waals surface area contributed by atoms with Crippen LogP contribution in [0.4, 0.5) is 11.4 Å². The maximum Gasteiger partial charge on any atom is 0.340 e. The molecule has 1 saturated heterocycles. The number of nitrogens with one attached hydrogen (secondary N) is 1. The Bertz CT molecular complexity index is 605. The summed E-state index contributed by atoms with van der Waals surface area (Å²) in [6, 6.07) is 5.52. The van der Waals surface area contributed by atoms with E-state index in [1.807, 2.05) is 6.07 Å². The standard InChI is InChI=1S/C18H24N2O4/c1-23-18(22)15-12-14(20-8-10-24-11-9-20)6-7-16(15)19-17(21)13-4-2-3-5-13/h6-7,12-13H,2-5,8-11H2,1H3,(H,19,21). The summed E-state index contributed by atoms with van der Waals surface area (Å²) in [6.45, 7) is 2.92. The number of rotatable bonds is 4. The van der Waals surface area contributed by atoms with E-state index in [-0.39, 0.29) is 11.8 Å². The summed E-state index contributed by atoms with van der Waals surface area (Å²) in [4.78, 5) is 26.7. The number of anilines is 2. The van der Waals surface area contributed by atoms with Gasteiger partial charge in [0.25, 0.3) is 0 Å². The summed E-state index contributed by atoms with van der Waals surface area (Å²) in [7, 11) is 1.35. The van der Waals surface area contributed by atoms with Crippen molar-refractivity contribution in [2.45, 2.75) is 25.7 Å². The first-order valence-corrected chi connectivity index (χ1v) is 8.55. The number of amides is 1. The Hall–Kier alpha value is -2.08. The topological polar surface area (TPSA) is 67.9 Å². The number of hydrogen-bond acceptors (Lipinski definition) is 5. The first kappa shape index (κ1) is 16.8. The largest absolute Gasteiger partial charge is 0.465 e. The highest BCUT2D eigenvalue weighted by Gasteiger charge is 2.25. The summed E-state index contributed by atoms with van der Waals surface area (Å²) in [5.41, 5.74) is 1.86. The lowest BCUT2D eigenvalue weighted by Gasteiger charge is -2.29. The average Bonchev–Trinajstić information content (AvgIpc) is 3.17. The van der Waals surface area contributed by atoms with Gasteiger partial charge in [0.2, 0.25) is 5.91 Å². The lowest BCUT2D eigenvalue weighted by molar-refractivity contribution is -0.119. The van der Waals surface area contributed by atoms with Gasteiger partial charge in [0.15, 0.2) is 0 Å². The van der Waals surface area contributed by atoms with E-state index in [1.165, 1.54) is 7.11 Å². The molecule has 3 rings (SSSR count). The third-order valence-electron chi connectivity index (χ3n) is 4.77. The van der Waals surface area contributed by atoms with Crippen molar-refractivity contribution < 1.29 is 19.1 Å². The van der Waals surface area contributed by atoms with Crippen LogP contribution in [0.15, 0.2) is 18.2 Å². The maximum absolute atomic E-state index is 12.4. The van der Waals surface area contributed by atoms with Crippen molar-refractivity contribution in [3.05, 3.63) is 23.8 Å². The Balaban J connectivity index is 1.81. The van der Waals surface area contributed by atoms with Crippen molar-refractivity contribution in [2.24, 2.45) is 5.92 Å². The predicted octanol–water partition coefficient (Wildman–Crippen LogP) is 2.44. The molecule has 6 nitrogen and oxygen atoms in total. The molecule has 2 fully saturated rings. The minimum absolute atomic E-state index is 0.00299. The lowest BCUT2D eigenvalue weighted by atomic mass is 10.1. The van der Waals surface area contributed by atoms with Crippen molar-refractivity contribution in [3.63, 3.8) is 0 Å². The quantitative estimate of drug-likeness (QED) is 0.858. The van der Waals surface area contributed by atoms with Crippen LogP contribution in [0.2, 0.25) is 0 Å². The summed E-state index contributed by atoms with van der Waals surface area (Å²) in [6.07, 6.45) is 4.03. The molecule has 1 heterocycles. The van der Waals surface area contributed by atoms with Gasteiger partial charge in [-0.1, -0.05) is 12.8 Å². The van der Waals surface area contributed by atoms with E-state index < -0.39 is 5.97 Å². The van der Waals surface area contributed by atoms with Crippen LogP contribution in [-0.4, -0.2) is 45.3 Å². The van der Waals surface area contributed by atoms with Crippen molar-refractivity contribution in [3.8, 4) is 0 Å². The molecule has 1 saturated carbocycles. The van der Waals surface area contributed by atoms with Gasteiger partial charge in [-0.2, -0.15) is 0 Å². The summed E-state index contributed by atoms with van der Waals surface area (Å²) >= 11 is 0. The highest BCUT2D eigenvalue weighted by atomic mass is 16.5. The summed E-state index contributed by atoms with van der Waals surface area (Å²) in [5.74, 6) is -0.391. The molecule has 130 valence electrons. The van der Waals surface area contributed by atoms with Crippen LogP contribution in [0.3, 0.4) is 0 Å². The zero-order valence-electron chi connectivity index (χ0n) is 14.0. The van der Waals surface area contributed by atoms with Gasteiger partial charge < -0.3 is 19.7 Å². The fraction of sp³-hybridized carbons (Fsp3) is 0.556. The molecule has 1 aromatic rings.